The van der Waals surface area contributed by atoms with E-state index in [0.29, 0.717) is 28.1 Å². The van der Waals surface area contributed by atoms with Gasteiger partial charge in [0.1, 0.15) is 11.3 Å². The van der Waals surface area contributed by atoms with Crippen molar-refractivity contribution in [2.75, 3.05) is 6.61 Å². The van der Waals surface area contributed by atoms with Crippen molar-refractivity contribution in [1.29, 1.82) is 0 Å². The number of furan rings is 1. The Morgan fingerprint density at radius 1 is 1.03 bits per heavy atom. The van der Waals surface area contributed by atoms with Crippen LogP contribution in [0.4, 0.5) is 0 Å². The van der Waals surface area contributed by atoms with Crippen molar-refractivity contribution in [2.24, 2.45) is 0 Å². The quantitative estimate of drug-likeness (QED) is 0.517. The number of aryl methyl sites for hydroxylation is 2. The van der Waals surface area contributed by atoms with Crippen molar-refractivity contribution in [3.05, 3.63) is 88.0 Å². The monoisotopic (exact) mass is 403 g/mol. The van der Waals surface area contributed by atoms with Gasteiger partial charge in [-0.2, -0.15) is 0 Å². The Balaban J connectivity index is 1.66. The summed E-state index contributed by atoms with van der Waals surface area (Å²) in [7, 11) is 0. The van der Waals surface area contributed by atoms with Gasteiger partial charge in [0.2, 0.25) is 11.2 Å². The summed E-state index contributed by atoms with van der Waals surface area (Å²) in [6.45, 7) is 3.83. The van der Waals surface area contributed by atoms with Gasteiger partial charge in [-0.05, 0) is 43.7 Å². The molecule has 0 aliphatic carbocycles. The summed E-state index contributed by atoms with van der Waals surface area (Å²) >= 11 is 0. The van der Waals surface area contributed by atoms with E-state index in [1.807, 2.05) is 50.2 Å². The van der Waals surface area contributed by atoms with Crippen LogP contribution >= 0.6 is 0 Å². The highest BCUT2D eigenvalue weighted by Crippen LogP contribution is 2.31. The third-order valence-corrected chi connectivity index (χ3v) is 4.71. The number of carbonyl (C=O) groups excluding carboxylic acids is 1. The number of rotatable bonds is 6. The van der Waals surface area contributed by atoms with Gasteiger partial charge >= 0.3 is 0 Å². The van der Waals surface area contributed by atoms with Gasteiger partial charge in [0.25, 0.3) is 5.91 Å². The number of fused-ring (bicyclic) bond motifs is 1. The van der Waals surface area contributed by atoms with E-state index in [1.165, 1.54) is 6.26 Å². The van der Waals surface area contributed by atoms with Crippen LogP contribution in [0.25, 0.3) is 22.3 Å². The number of ether oxygens (including phenoxy) is 1. The molecular weight excluding hydrogens is 382 g/mol. The van der Waals surface area contributed by atoms with Crippen LogP contribution in [0.5, 0.6) is 5.75 Å². The molecule has 4 rings (SSSR count). The van der Waals surface area contributed by atoms with Crippen molar-refractivity contribution >= 4 is 16.9 Å². The molecular formula is C24H21NO5. The van der Waals surface area contributed by atoms with Gasteiger partial charge in [-0.3, -0.25) is 9.59 Å². The van der Waals surface area contributed by atoms with Crippen molar-refractivity contribution in [3.8, 4) is 17.1 Å². The standard InChI is InChI=1S/C24H21NO5/c1-15-5-8-17(9-6-15)23-24(22(27)19-10-7-16(2)12-20(19)30-23)29-14-21(26)25-13-18-4-3-11-28-18/h3-12H,13-14H2,1-2H3,(H,25,26). The average Bonchev–Trinajstić information content (AvgIpc) is 3.25. The molecule has 6 nitrogen and oxygen atoms in total. The first-order chi connectivity index (χ1) is 14.5. The molecule has 152 valence electrons. The number of amides is 1. The highest BCUT2D eigenvalue weighted by atomic mass is 16.5. The van der Waals surface area contributed by atoms with E-state index in [-0.39, 0.29) is 30.2 Å². The first-order valence-corrected chi connectivity index (χ1v) is 9.57. The third kappa shape index (κ3) is 4.12. The van der Waals surface area contributed by atoms with Crippen LogP contribution in [0.2, 0.25) is 0 Å². The van der Waals surface area contributed by atoms with Gasteiger partial charge in [-0.25, -0.2) is 0 Å². The molecule has 0 spiro atoms. The molecule has 0 radical (unpaired) electrons. The molecule has 2 aromatic carbocycles. The largest absolute Gasteiger partial charge is 0.476 e. The van der Waals surface area contributed by atoms with Crippen molar-refractivity contribution < 1.29 is 18.4 Å². The number of nitrogens with one attached hydrogen (secondary N) is 1. The summed E-state index contributed by atoms with van der Waals surface area (Å²) < 4.78 is 16.9. The van der Waals surface area contributed by atoms with Gasteiger partial charge in [-0.15, -0.1) is 0 Å². The minimum absolute atomic E-state index is 0.0170. The molecule has 0 aliphatic heterocycles. The van der Waals surface area contributed by atoms with E-state index in [1.54, 1.807) is 18.2 Å². The minimum Gasteiger partial charge on any atom is -0.476 e. The predicted octanol–water partition coefficient (Wildman–Crippen LogP) is 4.37. The molecule has 2 heterocycles. The van der Waals surface area contributed by atoms with E-state index in [2.05, 4.69) is 5.32 Å². The van der Waals surface area contributed by atoms with E-state index in [4.69, 9.17) is 13.6 Å². The van der Waals surface area contributed by atoms with Crippen LogP contribution in [0.3, 0.4) is 0 Å². The Morgan fingerprint density at radius 3 is 2.53 bits per heavy atom. The highest BCUT2D eigenvalue weighted by Gasteiger charge is 2.19. The zero-order valence-corrected chi connectivity index (χ0v) is 16.7. The Hall–Kier alpha value is -3.80. The topological polar surface area (TPSA) is 81.7 Å². The van der Waals surface area contributed by atoms with E-state index in [0.717, 1.165) is 11.1 Å². The fourth-order valence-corrected chi connectivity index (χ4v) is 3.10. The molecule has 0 atom stereocenters. The molecule has 6 heteroatoms. The average molecular weight is 403 g/mol. The Bertz CT molecular complexity index is 1240. The molecule has 1 N–H and O–H groups in total. The summed E-state index contributed by atoms with van der Waals surface area (Å²) in [6.07, 6.45) is 1.54. The summed E-state index contributed by atoms with van der Waals surface area (Å²) in [5, 5.41) is 3.10. The van der Waals surface area contributed by atoms with Crippen molar-refractivity contribution in [2.45, 2.75) is 20.4 Å². The second-order valence-corrected chi connectivity index (χ2v) is 7.10. The Labute approximate surface area is 173 Å². The van der Waals surface area contributed by atoms with Crippen LogP contribution in [0.1, 0.15) is 16.9 Å². The lowest BCUT2D eigenvalue weighted by molar-refractivity contribution is -0.123. The minimum atomic E-state index is -0.371. The highest BCUT2D eigenvalue weighted by molar-refractivity contribution is 5.83. The lowest BCUT2D eigenvalue weighted by atomic mass is 10.1. The smallest absolute Gasteiger partial charge is 0.258 e. The maximum atomic E-state index is 13.1. The second-order valence-electron chi connectivity index (χ2n) is 7.10. The zero-order chi connectivity index (χ0) is 21.1. The Morgan fingerprint density at radius 2 is 1.80 bits per heavy atom. The molecule has 0 saturated carbocycles. The predicted molar refractivity (Wildman–Crippen MR) is 113 cm³/mol. The molecule has 1 amide bonds. The molecule has 30 heavy (non-hydrogen) atoms. The lowest BCUT2D eigenvalue weighted by Crippen LogP contribution is -2.29. The maximum absolute atomic E-state index is 13.1. The molecule has 0 unspecified atom stereocenters. The van der Waals surface area contributed by atoms with Crippen LogP contribution in [-0.4, -0.2) is 12.5 Å². The fraction of sp³-hybridized carbons (Fsp3) is 0.167. The number of carbonyl (C=O) groups is 1. The molecule has 2 aromatic heterocycles. The van der Waals surface area contributed by atoms with Gasteiger partial charge in [0.15, 0.2) is 12.4 Å². The number of benzene rings is 2. The van der Waals surface area contributed by atoms with E-state index < -0.39 is 0 Å². The number of hydrogen-bond acceptors (Lipinski definition) is 5. The summed E-state index contributed by atoms with van der Waals surface area (Å²) in [6, 6.07) is 16.4. The van der Waals surface area contributed by atoms with Crippen molar-refractivity contribution in [1.82, 2.24) is 5.32 Å². The van der Waals surface area contributed by atoms with Gasteiger partial charge in [0, 0.05) is 5.56 Å². The first kappa shape index (κ1) is 19.5. The van der Waals surface area contributed by atoms with Gasteiger partial charge in [0.05, 0.1) is 18.2 Å². The normalized spacial score (nSPS) is 10.9. The van der Waals surface area contributed by atoms with Gasteiger partial charge in [-0.1, -0.05) is 35.9 Å². The number of hydrogen-bond donors (Lipinski definition) is 1. The molecule has 4 aromatic rings. The van der Waals surface area contributed by atoms with Crippen LogP contribution in [0.15, 0.2) is 74.5 Å². The van der Waals surface area contributed by atoms with E-state index >= 15 is 0 Å². The lowest BCUT2D eigenvalue weighted by Gasteiger charge is -2.12. The molecule has 0 aliphatic rings. The SMILES string of the molecule is Cc1ccc(-c2oc3cc(C)ccc3c(=O)c2OCC(=O)NCc2ccco2)cc1. The summed E-state index contributed by atoms with van der Waals surface area (Å²) in [5.41, 5.74) is 2.92. The van der Waals surface area contributed by atoms with E-state index in [9.17, 15) is 9.59 Å². The maximum Gasteiger partial charge on any atom is 0.258 e. The molecule has 0 fully saturated rings. The van der Waals surface area contributed by atoms with Crippen LogP contribution < -0.4 is 15.5 Å². The third-order valence-electron chi connectivity index (χ3n) is 4.71. The van der Waals surface area contributed by atoms with Crippen molar-refractivity contribution in [3.63, 3.8) is 0 Å². The fourth-order valence-electron chi connectivity index (χ4n) is 3.10. The zero-order valence-electron chi connectivity index (χ0n) is 16.7. The summed E-state index contributed by atoms with van der Waals surface area (Å²) in [5.74, 6) is 0.578. The molecule has 0 bridgehead atoms. The Kier molecular flexibility index (Phi) is 5.39. The molecule has 0 saturated heterocycles. The first-order valence-electron chi connectivity index (χ1n) is 9.57. The summed E-state index contributed by atoms with van der Waals surface area (Å²) in [4.78, 5) is 25.3. The van der Waals surface area contributed by atoms with Gasteiger partial charge < -0.3 is 18.9 Å². The second kappa shape index (κ2) is 8.29. The van der Waals surface area contributed by atoms with Crippen LogP contribution in [-0.2, 0) is 11.3 Å². The van der Waals surface area contributed by atoms with Crippen LogP contribution in [0, 0.1) is 13.8 Å².